The lowest BCUT2D eigenvalue weighted by atomic mass is 9.76. The standard InChI is InChI=1S/C19H32N2/c1-4-5-16-10-11-19(20)18(12-16)14-21(3)13-17-8-6-15(2)7-9-17/h6-9,16,18-19H,4-5,10-14,20H2,1-3H3. The summed E-state index contributed by atoms with van der Waals surface area (Å²) in [5, 5.41) is 0. The van der Waals surface area contributed by atoms with Gasteiger partial charge in [-0.3, -0.25) is 0 Å². The van der Waals surface area contributed by atoms with Gasteiger partial charge in [-0.1, -0.05) is 49.6 Å². The number of nitrogens with two attached hydrogens (primary N) is 1. The van der Waals surface area contributed by atoms with E-state index in [2.05, 4.69) is 50.1 Å². The van der Waals surface area contributed by atoms with Crippen molar-refractivity contribution in [1.29, 1.82) is 0 Å². The average Bonchev–Trinajstić information content (AvgIpc) is 2.45. The van der Waals surface area contributed by atoms with Crippen LogP contribution in [0.2, 0.25) is 0 Å². The summed E-state index contributed by atoms with van der Waals surface area (Å²) < 4.78 is 0. The van der Waals surface area contributed by atoms with Gasteiger partial charge in [0.1, 0.15) is 0 Å². The van der Waals surface area contributed by atoms with Crippen LogP contribution in [0.15, 0.2) is 24.3 Å². The summed E-state index contributed by atoms with van der Waals surface area (Å²) in [6.07, 6.45) is 6.57. The Labute approximate surface area is 130 Å². The Morgan fingerprint density at radius 3 is 2.57 bits per heavy atom. The van der Waals surface area contributed by atoms with Crippen LogP contribution in [0.25, 0.3) is 0 Å². The maximum atomic E-state index is 6.37. The molecule has 2 N–H and O–H groups in total. The Kier molecular flexibility index (Phi) is 6.25. The van der Waals surface area contributed by atoms with Crippen molar-refractivity contribution in [3.05, 3.63) is 35.4 Å². The minimum absolute atomic E-state index is 0.401. The van der Waals surface area contributed by atoms with Gasteiger partial charge in [0.2, 0.25) is 0 Å². The van der Waals surface area contributed by atoms with E-state index in [1.807, 2.05) is 0 Å². The second-order valence-corrected chi connectivity index (χ2v) is 7.07. The summed E-state index contributed by atoms with van der Waals surface area (Å²) in [5.41, 5.74) is 9.10. The highest BCUT2D eigenvalue weighted by atomic mass is 15.1. The monoisotopic (exact) mass is 288 g/mol. The van der Waals surface area contributed by atoms with E-state index < -0.39 is 0 Å². The lowest BCUT2D eigenvalue weighted by Gasteiger charge is -2.36. The third-order valence-corrected chi connectivity index (χ3v) is 4.97. The van der Waals surface area contributed by atoms with Gasteiger partial charge in [0.25, 0.3) is 0 Å². The molecule has 1 aliphatic rings. The van der Waals surface area contributed by atoms with Crippen LogP contribution in [0, 0.1) is 18.8 Å². The van der Waals surface area contributed by atoms with Gasteiger partial charge >= 0.3 is 0 Å². The lowest BCUT2D eigenvalue weighted by molar-refractivity contribution is 0.165. The smallest absolute Gasteiger partial charge is 0.0230 e. The molecule has 0 saturated heterocycles. The van der Waals surface area contributed by atoms with Crippen LogP contribution in [0.1, 0.15) is 50.2 Å². The predicted octanol–water partition coefficient (Wildman–Crippen LogP) is 3.97. The lowest BCUT2D eigenvalue weighted by Crippen LogP contribution is -2.42. The molecule has 1 aliphatic carbocycles. The highest BCUT2D eigenvalue weighted by Gasteiger charge is 2.28. The summed E-state index contributed by atoms with van der Waals surface area (Å²) >= 11 is 0. The number of nitrogens with zero attached hydrogens (tertiary/aromatic N) is 1. The van der Waals surface area contributed by atoms with E-state index in [1.165, 1.54) is 43.2 Å². The third kappa shape index (κ3) is 5.12. The average molecular weight is 288 g/mol. The second-order valence-electron chi connectivity index (χ2n) is 7.07. The van der Waals surface area contributed by atoms with Gasteiger partial charge in [0.05, 0.1) is 0 Å². The molecule has 3 unspecified atom stereocenters. The largest absolute Gasteiger partial charge is 0.327 e. The van der Waals surface area contributed by atoms with Crippen LogP contribution in [-0.2, 0) is 6.54 Å². The quantitative estimate of drug-likeness (QED) is 0.858. The molecule has 1 aromatic rings. The van der Waals surface area contributed by atoms with Crippen LogP contribution in [-0.4, -0.2) is 24.5 Å². The van der Waals surface area contributed by atoms with Crippen molar-refractivity contribution in [3.8, 4) is 0 Å². The molecule has 1 aromatic carbocycles. The van der Waals surface area contributed by atoms with Gasteiger partial charge in [0, 0.05) is 19.1 Å². The van der Waals surface area contributed by atoms with Gasteiger partial charge in [-0.2, -0.15) is 0 Å². The van der Waals surface area contributed by atoms with Crippen molar-refractivity contribution in [2.24, 2.45) is 17.6 Å². The van der Waals surface area contributed by atoms with Crippen molar-refractivity contribution >= 4 is 0 Å². The van der Waals surface area contributed by atoms with Crippen molar-refractivity contribution in [1.82, 2.24) is 4.90 Å². The topological polar surface area (TPSA) is 29.3 Å². The molecule has 1 saturated carbocycles. The number of hydrogen-bond donors (Lipinski definition) is 1. The zero-order valence-electron chi connectivity index (χ0n) is 14.0. The molecule has 21 heavy (non-hydrogen) atoms. The molecule has 2 heteroatoms. The summed E-state index contributed by atoms with van der Waals surface area (Å²) in [6.45, 7) is 6.60. The first-order chi connectivity index (χ1) is 10.1. The number of hydrogen-bond acceptors (Lipinski definition) is 2. The highest BCUT2D eigenvalue weighted by molar-refractivity contribution is 5.21. The maximum absolute atomic E-state index is 6.37. The van der Waals surface area contributed by atoms with Gasteiger partial charge < -0.3 is 10.6 Å². The van der Waals surface area contributed by atoms with Crippen molar-refractivity contribution in [2.45, 2.75) is 58.5 Å². The predicted molar refractivity (Wildman–Crippen MR) is 91.2 cm³/mol. The minimum Gasteiger partial charge on any atom is -0.327 e. The van der Waals surface area contributed by atoms with Crippen LogP contribution in [0.5, 0.6) is 0 Å². The number of aryl methyl sites for hydroxylation is 1. The minimum atomic E-state index is 0.401. The first-order valence-electron chi connectivity index (χ1n) is 8.58. The highest BCUT2D eigenvalue weighted by Crippen LogP contribution is 2.31. The first kappa shape index (κ1) is 16.5. The molecule has 118 valence electrons. The van der Waals surface area contributed by atoms with E-state index in [0.29, 0.717) is 12.0 Å². The molecule has 0 spiro atoms. The fourth-order valence-corrected chi connectivity index (χ4v) is 3.74. The summed E-state index contributed by atoms with van der Waals surface area (Å²) in [7, 11) is 2.23. The van der Waals surface area contributed by atoms with Crippen LogP contribution in [0.3, 0.4) is 0 Å². The van der Waals surface area contributed by atoms with Crippen molar-refractivity contribution < 1.29 is 0 Å². The van der Waals surface area contributed by atoms with Crippen LogP contribution >= 0.6 is 0 Å². The Morgan fingerprint density at radius 1 is 1.19 bits per heavy atom. The fraction of sp³-hybridized carbons (Fsp3) is 0.684. The Morgan fingerprint density at radius 2 is 1.90 bits per heavy atom. The van der Waals surface area contributed by atoms with E-state index in [0.717, 1.165) is 19.0 Å². The van der Waals surface area contributed by atoms with Crippen molar-refractivity contribution in [2.75, 3.05) is 13.6 Å². The molecule has 0 bridgehead atoms. The molecule has 0 aliphatic heterocycles. The summed E-state index contributed by atoms with van der Waals surface area (Å²) in [6, 6.07) is 9.29. The van der Waals surface area contributed by atoms with Gasteiger partial charge in [-0.25, -0.2) is 0 Å². The summed E-state index contributed by atoms with van der Waals surface area (Å²) in [5.74, 6) is 1.58. The molecule has 0 aromatic heterocycles. The van der Waals surface area contributed by atoms with Crippen molar-refractivity contribution in [3.63, 3.8) is 0 Å². The zero-order chi connectivity index (χ0) is 15.2. The van der Waals surface area contributed by atoms with Crippen LogP contribution < -0.4 is 5.73 Å². The summed E-state index contributed by atoms with van der Waals surface area (Å²) in [4.78, 5) is 2.45. The maximum Gasteiger partial charge on any atom is 0.0230 e. The van der Waals surface area contributed by atoms with E-state index in [1.54, 1.807) is 0 Å². The Hall–Kier alpha value is -0.860. The molecular formula is C19H32N2. The van der Waals surface area contributed by atoms with Gasteiger partial charge in [-0.05, 0) is 50.6 Å². The third-order valence-electron chi connectivity index (χ3n) is 4.97. The molecule has 3 atom stereocenters. The Bertz CT molecular complexity index is 412. The first-order valence-corrected chi connectivity index (χ1v) is 8.58. The van der Waals surface area contributed by atoms with E-state index in [4.69, 9.17) is 5.73 Å². The molecule has 2 nitrogen and oxygen atoms in total. The van der Waals surface area contributed by atoms with Gasteiger partial charge in [0.15, 0.2) is 0 Å². The Balaban J connectivity index is 1.85. The van der Waals surface area contributed by atoms with Crippen LogP contribution in [0.4, 0.5) is 0 Å². The molecule has 2 rings (SSSR count). The fourth-order valence-electron chi connectivity index (χ4n) is 3.74. The number of rotatable bonds is 6. The number of benzene rings is 1. The normalized spacial score (nSPS) is 26.2. The van der Waals surface area contributed by atoms with E-state index in [9.17, 15) is 0 Å². The molecule has 0 radical (unpaired) electrons. The molecule has 1 fully saturated rings. The van der Waals surface area contributed by atoms with E-state index in [-0.39, 0.29) is 0 Å². The van der Waals surface area contributed by atoms with E-state index >= 15 is 0 Å². The zero-order valence-corrected chi connectivity index (χ0v) is 14.0. The SMILES string of the molecule is CCCC1CCC(N)C(CN(C)Cc2ccc(C)cc2)C1. The molecule has 0 amide bonds. The molecular weight excluding hydrogens is 256 g/mol. The molecule has 0 heterocycles. The second kappa shape index (κ2) is 7.95. The van der Waals surface area contributed by atoms with Gasteiger partial charge in [-0.15, -0.1) is 0 Å².